The summed E-state index contributed by atoms with van der Waals surface area (Å²) in [5.41, 5.74) is 1.62. The van der Waals surface area contributed by atoms with Crippen molar-refractivity contribution in [2.75, 3.05) is 11.1 Å². The average molecular weight is 432 g/mol. The second-order valence-corrected chi connectivity index (χ2v) is 10.2. The SMILES string of the molecule is Cc1ccc(SCC(=O)Nc2nnc(-c3cccc(S(=O)(=O)C(C)C)c3)o2)cc1. The molecule has 1 amide bonds. The maximum absolute atomic E-state index is 12.3. The van der Waals surface area contributed by atoms with Crippen LogP contribution in [0.5, 0.6) is 0 Å². The lowest BCUT2D eigenvalue weighted by molar-refractivity contribution is -0.113. The van der Waals surface area contributed by atoms with E-state index in [0.29, 0.717) is 5.56 Å². The quantitative estimate of drug-likeness (QED) is 0.565. The Labute approximate surface area is 173 Å². The minimum atomic E-state index is -3.42. The lowest BCUT2D eigenvalue weighted by atomic mass is 10.2. The maximum Gasteiger partial charge on any atom is 0.322 e. The maximum atomic E-state index is 12.3. The van der Waals surface area contributed by atoms with Crippen LogP contribution in [0.3, 0.4) is 0 Å². The summed E-state index contributed by atoms with van der Waals surface area (Å²) >= 11 is 1.40. The molecule has 3 rings (SSSR count). The van der Waals surface area contributed by atoms with Gasteiger partial charge >= 0.3 is 6.01 Å². The number of aryl methyl sites for hydroxylation is 1. The summed E-state index contributed by atoms with van der Waals surface area (Å²) in [6, 6.07) is 14.1. The highest BCUT2D eigenvalue weighted by molar-refractivity contribution is 8.00. The van der Waals surface area contributed by atoms with E-state index in [1.54, 1.807) is 26.0 Å². The van der Waals surface area contributed by atoms with Gasteiger partial charge in [-0.05, 0) is 51.1 Å². The highest BCUT2D eigenvalue weighted by Gasteiger charge is 2.20. The fourth-order valence-electron chi connectivity index (χ4n) is 2.41. The molecule has 0 aliphatic heterocycles. The van der Waals surface area contributed by atoms with Crippen LogP contribution in [0.25, 0.3) is 11.5 Å². The molecule has 0 spiro atoms. The van der Waals surface area contributed by atoms with E-state index in [2.05, 4.69) is 15.5 Å². The van der Waals surface area contributed by atoms with E-state index in [1.807, 2.05) is 31.2 Å². The number of thioether (sulfide) groups is 1. The van der Waals surface area contributed by atoms with Gasteiger partial charge in [0.05, 0.1) is 15.9 Å². The third-order valence-electron chi connectivity index (χ3n) is 4.09. The zero-order chi connectivity index (χ0) is 21.0. The van der Waals surface area contributed by atoms with Crippen LogP contribution in [0.1, 0.15) is 19.4 Å². The first-order valence-electron chi connectivity index (χ1n) is 8.93. The van der Waals surface area contributed by atoms with Gasteiger partial charge in [-0.25, -0.2) is 8.42 Å². The van der Waals surface area contributed by atoms with E-state index in [-0.39, 0.29) is 28.5 Å². The summed E-state index contributed by atoms with van der Waals surface area (Å²) in [6.07, 6.45) is 0. The predicted octanol–water partition coefficient (Wildman–Crippen LogP) is 3.96. The molecule has 1 aromatic heterocycles. The highest BCUT2D eigenvalue weighted by Crippen LogP contribution is 2.25. The third-order valence-corrected chi connectivity index (χ3v) is 7.26. The molecule has 29 heavy (non-hydrogen) atoms. The van der Waals surface area contributed by atoms with E-state index in [4.69, 9.17) is 4.42 Å². The van der Waals surface area contributed by atoms with Gasteiger partial charge in [-0.3, -0.25) is 10.1 Å². The van der Waals surface area contributed by atoms with Gasteiger partial charge in [-0.1, -0.05) is 28.9 Å². The van der Waals surface area contributed by atoms with Crippen molar-refractivity contribution in [3.8, 4) is 11.5 Å². The molecule has 1 N–H and O–H groups in total. The number of hydrogen-bond acceptors (Lipinski definition) is 7. The van der Waals surface area contributed by atoms with Crippen molar-refractivity contribution in [1.29, 1.82) is 0 Å². The molecule has 7 nitrogen and oxygen atoms in total. The predicted molar refractivity (Wildman–Crippen MR) is 113 cm³/mol. The second-order valence-electron chi connectivity index (χ2n) is 6.68. The molecule has 0 fully saturated rings. The lowest BCUT2D eigenvalue weighted by Gasteiger charge is -2.08. The fraction of sp³-hybridized carbons (Fsp3) is 0.250. The number of aromatic nitrogens is 2. The average Bonchev–Trinajstić information content (AvgIpc) is 3.16. The van der Waals surface area contributed by atoms with Crippen LogP contribution >= 0.6 is 11.8 Å². The summed E-state index contributed by atoms with van der Waals surface area (Å²) in [6.45, 7) is 5.25. The minimum Gasteiger partial charge on any atom is -0.403 e. The topological polar surface area (TPSA) is 102 Å². The van der Waals surface area contributed by atoms with Crippen LogP contribution in [-0.2, 0) is 14.6 Å². The van der Waals surface area contributed by atoms with Crippen LogP contribution in [0.2, 0.25) is 0 Å². The number of anilines is 1. The van der Waals surface area contributed by atoms with E-state index in [1.165, 1.54) is 23.9 Å². The first-order chi connectivity index (χ1) is 13.8. The molecule has 0 radical (unpaired) electrons. The van der Waals surface area contributed by atoms with Crippen molar-refractivity contribution < 1.29 is 17.6 Å². The Kier molecular flexibility index (Phi) is 6.39. The number of hydrogen-bond donors (Lipinski definition) is 1. The normalized spacial score (nSPS) is 11.6. The Morgan fingerprint density at radius 1 is 1.14 bits per heavy atom. The molecule has 0 saturated heterocycles. The summed E-state index contributed by atoms with van der Waals surface area (Å²) in [7, 11) is -3.42. The van der Waals surface area contributed by atoms with Crippen LogP contribution in [0.4, 0.5) is 6.01 Å². The lowest BCUT2D eigenvalue weighted by Crippen LogP contribution is -2.14. The number of rotatable bonds is 7. The molecule has 0 atom stereocenters. The van der Waals surface area contributed by atoms with E-state index < -0.39 is 15.1 Å². The third kappa shape index (κ3) is 5.24. The largest absolute Gasteiger partial charge is 0.403 e. The Morgan fingerprint density at radius 3 is 2.55 bits per heavy atom. The zero-order valence-electron chi connectivity index (χ0n) is 16.2. The zero-order valence-corrected chi connectivity index (χ0v) is 17.9. The first kappa shape index (κ1) is 21.1. The highest BCUT2D eigenvalue weighted by atomic mass is 32.2. The molecule has 152 valence electrons. The molecule has 0 saturated carbocycles. The number of sulfone groups is 1. The van der Waals surface area contributed by atoms with Gasteiger partial charge < -0.3 is 4.42 Å². The van der Waals surface area contributed by atoms with Crippen molar-refractivity contribution in [1.82, 2.24) is 10.2 Å². The van der Waals surface area contributed by atoms with Crippen molar-refractivity contribution in [3.05, 3.63) is 54.1 Å². The molecule has 0 aliphatic rings. The number of amides is 1. The molecule has 0 bridgehead atoms. The molecule has 0 unspecified atom stereocenters. The number of nitrogens with one attached hydrogen (secondary N) is 1. The molecule has 9 heteroatoms. The van der Waals surface area contributed by atoms with Crippen LogP contribution in [-0.4, -0.2) is 35.5 Å². The van der Waals surface area contributed by atoms with Crippen LogP contribution in [0.15, 0.2) is 62.7 Å². The monoisotopic (exact) mass is 431 g/mol. The van der Waals surface area contributed by atoms with Crippen molar-refractivity contribution in [2.24, 2.45) is 0 Å². The molecule has 1 heterocycles. The Bertz CT molecular complexity index is 1110. The molecular formula is C20H21N3O4S2. The van der Waals surface area contributed by atoms with E-state index >= 15 is 0 Å². The van der Waals surface area contributed by atoms with Crippen molar-refractivity contribution >= 4 is 33.5 Å². The van der Waals surface area contributed by atoms with Crippen molar-refractivity contribution in [2.45, 2.75) is 35.8 Å². The van der Waals surface area contributed by atoms with Gasteiger partial charge in [0.15, 0.2) is 9.84 Å². The smallest absolute Gasteiger partial charge is 0.322 e. The van der Waals surface area contributed by atoms with E-state index in [0.717, 1.165) is 10.5 Å². The first-order valence-corrected chi connectivity index (χ1v) is 11.5. The second kappa shape index (κ2) is 8.79. The Balaban J connectivity index is 1.66. The number of benzene rings is 2. The standard InChI is InChI=1S/C20H21N3O4S2/c1-13(2)29(25,26)17-6-4-5-15(11-17)19-22-23-20(27-19)21-18(24)12-28-16-9-7-14(3)8-10-16/h4-11,13H,12H2,1-3H3,(H,21,23,24). The number of carbonyl (C=O) groups excluding carboxylic acids is 1. The fourth-order valence-corrected chi connectivity index (χ4v) is 4.21. The van der Waals surface area contributed by atoms with Gasteiger partial charge in [-0.2, -0.15) is 0 Å². The Morgan fingerprint density at radius 2 is 1.86 bits per heavy atom. The van der Waals surface area contributed by atoms with Gasteiger partial charge in [0, 0.05) is 10.5 Å². The molecular weight excluding hydrogens is 410 g/mol. The number of carbonyl (C=O) groups is 1. The van der Waals surface area contributed by atoms with Gasteiger partial charge in [0.25, 0.3) is 0 Å². The van der Waals surface area contributed by atoms with Gasteiger partial charge in [0.1, 0.15) is 0 Å². The van der Waals surface area contributed by atoms with Crippen LogP contribution in [0, 0.1) is 6.92 Å². The van der Waals surface area contributed by atoms with Crippen LogP contribution < -0.4 is 5.32 Å². The minimum absolute atomic E-state index is 0.0355. The summed E-state index contributed by atoms with van der Waals surface area (Å²) in [4.78, 5) is 13.3. The summed E-state index contributed by atoms with van der Waals surface area (Å²) in [5, 5.41) is 9.74. The van der Waals surface area contributed by atoms with Crippen molar-refractivity contribution in [3.63, 3.8) is 0 Å². The summed E-state index contributed by atoms with van der Waals surface area (Å²) < 4.78 is 30.2. The summed E-state index contributed by atoms with van der Waals surface area (Å²) in [5.74, 6) is 0.0531. The molecule has 0 aliphatic carbocycles. The van der Waals surface area contributed by atoms with Gasteiger partial charge in [-0.15, -0.1) is 16.9 Å². The molecule has 3 aromatic rings. The number of nitrogens with zero attached hydrogens (tertiary/aromatic N) is 2. The Hall–Kier alpha value is -2.65. The van der Waals surface area contributed by atoms with Gasteiger partial charge in [0.2, 0.25) is 11.8 Å². The van der Waals surface area contributed by atoms with E-state index in [9.17, 15) is 13.2 Å². The molecule has 2 aromatic carbocycles.